The van der Waals surface area contributed by atoms with Crippen LogP contribution in [0.3, 0.4) is 0 Å². The lowest BCUT2D eigenvalue weighted by molar-refractivity contribution is 0.601. The van der Waals surface area contributed by atoms with Crippen LogP contribution in [0, 0.1) is 0 Å². The number of sulfonamides is 1. The third-order valence-corrected chi connectivity index (χ3v) is 4.37. The average Bonchev–Trinajstić information content (AvgIpc) is 2.46. The molecule has 0 amide bonds. The van der Waals surface area contributed by atoms with Gasteiger partial charge in [-0.3, -0.25) is 4.72 Å². The molecule has 0 aliphatic carbocycles. The van der Waals surface area contributed by atoms with Gasteiger partial charge in [-0.25, -0.2) is 13.4 Å². The summed E-state index contributed by atoms with van der Waals surface area (Å²) in [7, 11) is -3.59. The third-order valence-electron chi connectivity index (χ3n) is 2.74. The molecule has 0 unspecified atom stereocenters. The van der Waals surface area contributed by atoms with Crippen molar-refractivity contribution in [3.63, 3.8) is 0 Å². The van der Waals surface area contributed by atoms with Crippen molar-refractivity contribution in [2.75, 3.05) is 10.6 Å². The van der Waals surface area contributed by atoms with Crippen molar-refractivity contribution in [3.8, 4) is 0 Å². The van der Waals surface area contributed by atoms with Crippen LogP contribution in [0.2, 0.25) is 0 Å². The smallest absolute Gasteiger partial charge is 0.263 e. The molecule has 0 aliphatic heterocycles. The molecule has 2 aromatic rings. The Morgan fingerprint density at radius 3 is 2.45 bits per heavy atom. The van der Waals surface area contributed by atoms with E-state index in [1.165, 1.54) is 6.20 Å². The molecule has 1 aromatic heterocycles. The van der Waals surface area contributed by atoms with E-state index in [0.29, 0.717) is 11.7 Å². The first-order valence-corrected chi connectivity index (χ1v) is 8.22. The Morgan fingerprint density at radius 2 is 1.85 bits per heavy atom. The highest BCUT2D eigenvalue weighted by Crippen LogP contribution is 2.15. The SMILES string of the molecule is O=S(=O)(Nc1ccccn1)c1ccc(CCCCl)cc1. The molecule has 4 nitrogen and oxygen atoms in total. The Morgan fingerprint density at radius 1 is 1.10 bits per heavy atom. The Labute approximate surface area is 123 Å². The standard InChI is InChI=1S/C14H15ClN2O2S/c15-10-3-4-12-6-8-13(9-7-12)20(18,19)17-14-5-1-2-11-16-14/h1-2,5-9,11H,3-4,10H2,(H,16,17). The minimum atomic E-state index is -3.59. The fourth-order valence-electron chi connectivity index (χ4n) is 1.73. The van der Waals surface area contributed by atoms with Crippen molar-refractivity contribution in [3.05, 3.63) is 54.2 Å². The number of nitrogens with zero attached hydrogens (tertiary/aromatic N) is 1. The Hall–Kier alpha value is -1.59. The summed E-state index contributed by atoms with van der Waals surface area (Å²) in [6, 6.07) is 11.8. The summed E-state index contributed by atoms with van der Waals surface area (Å²) in [4.78, 5) is 4.16. The van der Waals surface area contributed by atoms with Crippen LogP contribution in [-0.4, -0.2) is 19.3 Å². The maximum Gasteiger partial charge on any atom is 0.263 e. The topological polar surface area (TPSA) is 59.1 Å². The lowest BCUT2D eigenvalue weighted by Crippen LogP contribution is -2.13. The van der Waals surface area contributed by atoms with E-state index in [-0.39, 0.29) is 4.90 Å². The number of aromatic nitrogens is 1. The zero-order chi connectivity index (χ0) is 14.4. The molecular weight excluding hydrogens is 296 g/mol. The van der Waals surface area contributed by atoms with Gasteiger partial charge in [-0.15, -0.1) is 11.6 Å². The summed E-state index contributed by atoms with van der Waals surface area (Å²) in [6.07, 6.45) is 3.25. The highest BCUT2D eigenvalue weighted by atomic mass is 35.5. The molecule has 0 saturated heterocycles. The monoisotopic (exact) mass is 310 g/mol. The van der Waals surface area contributed by atoms with Crippen LogP contribution in [0.5, 0.6) is 0 Å². The molecule has 1 heterocycles. The molecule has 1 N–H and O–H groups in total. The summed E-state index contributed by atoms with van der Waals surface area (Å²) in [5.41, 5.74) is 1.07. The van der Waals surface area contributed by atoms with E-state index in [1.807, 2.05) is 0 Å². The molecule has 106 valence electrons. The number of aryl methyl sites for hydroxylation is 1. The number of rotatable bonds is 6. The molecular formula is C14H15ClN2O2S. The fraction of sp³-hybridized carbons (Fsp3) is 0.214. The first-order valence-electron chi connectivity index (χ1n) is 6.20. The lowest BCUT2D eigenvalue weighted by Gasteiger charge is -2.07. The lowest BCUT2D eigenvalue weighted by atomic mass is 10.1. The van der Waals surface area contributed by atoms with Crippen LogP contribution >= 0.6 is 11.6 Å². The second kappa shape index (κ2) is 6.72. The van der Waals surface area contributed by atoms with Gasteiger partial charge in [0.05, 0.1) is 4.90 Å². The van der Waals surface area contributed by atoms with E-state index < -0.39 is 10.0 Å². The number of pyridine rings is 1. The van der Waals surface area contributed by atoms with Crippen molar-refractivity contribution in [2.24, 2.45) is 0 Å². The maximum absolute atomic E-state index is 12.2. The van der Waals surface area contributed by atoms with Crippen molar-refractivity contribution in [1.82, 2.24) is 4.98 Å². The maximum atomic E-state index is 12.2. The van der Waals surface area contributed by atoms with Crippen molar-refractivity contribution < 1.29 is 8.42 Å². The zero-order valence-electron chi connectivity index (χ0n) is 10.8. The van der Waals surface area contributed by atoms with E-state index in [4.69, 9.17) is 11.6 Å². The number of hydrogen-bond acceptors (Lipinski definition) is 3. The summed E-state index contributed by atoms with van der Waals surface area (Å²) >= 11 is 5.63. The van der Waals surface area contributed by atoms with Crippen LogP contribution in [-0.2, 0) is 16.4 Å². The number of halogens is 1. The number of alkyl halides is 1. The van der Waals surface area contributed by atoms with E-state index in [1.54, 1.807) is 42.5 Å². The summed E-state index contributed by atoms with van der Waals surface area (Å²) in [5.74, 6) is 0.903. The minimum Gasteiger partial charge on any atom is -0.263 e. The molecule has 0 fully saturated rings. The van der Waals surface area contributed by atoms with Gasteiger partial charge >= 0.3 is 0 Å². The molecule has 0 aliphatic rings. The van der Waals surface area contributed by atoms with E-state index in [2.05, 4.69) is 9.71 Å². The Balaban J connectivity index is 2.13. The fourth-order valence-corrected chi connectivity index (χ4v) is 2.87. The number of hydrogen-bond donors (Lipinski definition) is 1. The quantitative estimate of drug-likeness (QED) is 0.834. The van der Waals surface area contributed by atoms with E-state index in [9.17, 15) is 8.42 Å². The Bertz CT molecular complexity index is 643. The molecule has 1 aromatic carbocycles. The van der Waals surface area contributed by atoms with Gasteiger partial charge in [-0.2, -0.15) is 0 Å². The van der Waals surface area contributed by atoms with Gasteiger partial charge in [0.25, 0.3) is 10.0 Å². The van der Waals surface area contributed by atoms with Crippen LogP contribution in [0.4, 0.5) is 5.82 Å². The first-order chi connectivity index (χ1) is 9.62. The first kappa shape index (κ1) is 14.8. The van der Waals surface area contributed by atoms with Crippen LogP contribution in [0.15, 0.2) is 53.6 Å². The highest BCUT2D eigenvalue weighted by molar-refractivity contribution is 7.92. The average molecular weight is 311 g/mol. The number of nitrogens with one attached hydrogen (secondary N) is 1. The summed E-state index contributed by atoms with van der Waals surface area (Å²) in [6.45, 7) is 0. The normalized spacial score (nSPS) is 11.2. The number of benzene rings is 1. The minimum absolute atomic E-state index is 0.220. The van der Waals surface area contributed by atoms with E-state index >= 15 is 0 Å². The molecule has 6 heteroatoms. The molecule has 20 heavy (non-hydrogen) atoms. The van der Waals surface area contributed by atoms with Gasteiger partial charge < -0.3 is 0 Å². The predicted octanol–water partition coefficient (Wildman–Crippen LogP) is 3.05. The summed E-state index contributed by atoms with van der Waals surface area (Å²) < 4.78 is 26.7. The van der Waals surface area contributed by atoms with Crippen molar-refractivity contribution in [2.45, 2.75) is 17.7 Å². The molecule has 2 rings (SSSR count). The van der Waals surface area contributed by atoms with Gasteiger partial charge in [-0.1, -0.05) is 18.2 Å². The van der Waals surface area contributed by atoms with E-state index in [0.717, 1.165) is 18.4 Å². The van der Waals surface area contributed by atoms with Crippen LogP contribution < -0.4 is 4.72 Å². The molecule has 0 atom stereocenters. The van der Waals surface area contributed by atoms with Gasteiger partial charge in [0.15, 0.2) is 0 Å². The van der Waals surface area contributed by atoms with Crippen LogP contribution in [0.1, 0.15) is 12.0 Å². The number of anilines is 1. The molecule has 0 radical (unpaired) electrons. The second-order valence-electron chi connectivity index (χ2n) is 4.26. The molecule has 0 saturated carbocycles. The van der Waals surface area contributed by atoms with Gasteiger partial charge in [0.2, 0.25) is 0 Å². The third kappa shape index (κ3) is 3.95. The summed E-state index contributed by atoms with van der Waals surface area (Å²) in [5, 5.41) is 0. The van der Waals surface area contributed by atoms with Crippen molar-refractivity contribution in [1.29, 1.82) is 0 Å². The molecule has 0 spiro atoms. The van der Waals surface area contributed by atoms with Crippen molar-refractivity contribution >= 4 is 27.4 Å². The van der Waals surface area contributed by atoms with Gasteiger partial charge in [0, 0.05) is 12.1 Å². The second-order valence-corrected chi connectivity index (χ2v) is 6.32. The zero-order valence-corrected chi connectivity index (χ0v) is 12.4. The van der Waals surface area contributed by atoms with Gasteiger partial charge in [-0.05, 0) is 42.7 Å². The van der Waals surface area contributed by atoms with Crippen LogP contribution in [0.25, 0.3) is 0 Å². The molecule has 0 bridgehead atoms. The Kier molecular flexibility index (Phi) is 4.98. The highest BCUT2D eigenvalue weighted by Gasteiger charge is 2.14. The predicted molar refractivity (Wildman–Crippen MR) is 80.5 cm³/mol. The van der Waals surface area contributed by atoms with Gasteiger partial charge in [0.1, 0.15) is 5.82 Å². The largest absolute Gasteiger partial charge is 0.263 e.